The van der Waals surface area contributed by atoms with Gasteiger partial charge in [0.15, 0.2) is 0 Å². The molecule has 0 atom stereocenters. The molecule has 0 aliphatic carbocycles. The van der Waals surface area contributed by atoms with Crippen LogP contribution in [0, 0.1) is 12.7 Å². The lowest BCUT2D eigenvalue weighted by molar-refractivity contribution is -0.135. The third kappa shape index (κ3) is 3.66. The van der Waals surface area contributed by atoms with Gasteiger partial charge in [-0.2, -0.15) is 0 Å². The van der Waals surface area contributed by atoms with E-state index >= 15 is 0 Å². The number of rotatable bonds is 4. The van der Waals surface area contributed by atoms with E-state index < -0.39 is 24.2 Å². The number of amides is 1. The molecule has 0 spiro atoms. The largest absolute Gasteiger partial charge is 0.480 e. The van der Waals surface area contributed by atoms with Crippen LogP contribution in [0.15, 0.2) is 48.5 Å². The molecule has 21 heavy (non-hydrogen) atoms. The molecule has 0 saturated carbocycles. The number of hydrogen-bond donors (Lipinski definition) is 1. The van der Waals surface area contributed by atoms with Gasteiger partial charge in [0, 0.05) is 11.3 Å². The summed E-state index contributed by atoms with van der Waals surface area (Å²) >= 11 is 0. The van der Waals surface area contributed by atoms with E-state index in [1.807, 2.05) is 0 Å². The van der Waals surface area contributed by atoms with E-state index in [-0.39, 0.29) is 5.56 Å². The number of anilines is 1. The maximum atomic E-state index is 13.4. The molecule has 5 heteroatoms. The zero-order valence-corrected chi connectivity index (χ0v) is 11.4. The highest BCUT2D eigenvalue weighted by Crippen LogP contribution is 2.18. The van der Waals surface area contributed by atoms with Gasteiger partial charge in [-0.25, -0.2) is 4.39 Å². The molecule has 0 aliphatic rings. The van der Waals surface area contributed by atoms with Gasteiger partial charge >= 0.3 is 5.97 Å². The molecular weight excluding hydrogens is 273 g/mol. The van der Waals surface area contributed by atoms with Gasteiger partial charge in [-0.3, -0.25) is 14.5 Å². The number of benzene rings is 2. The predicted molar refractivity (Wildman–Crippen MR) is 76.9 cm³/mol. The van der Waals surface area contributed by atoms with Crippen molar-refractivity contribution in [1.29, 1.82) is 0 Å². The van der Waals surface area contributed by atoms with Crippen LogP contribution in [0.4, 0.5) is 10.1 Å². The summed E-state index contributed by atoms with van der Waals surface area (Å²) < 4.78 is 13.4. The number of aryl methyl sites for hydroxylation is 1. The lowest BCUT2D eigenvalue weighted by atomic mass is 10.1. The second-order valence-corrected chi connectivity index (χ2v) is 4.64. The van der Waals surface area contributed by atoms with E-state index in [0.29, 0.717) is 11.3 Å². The summed E-state index contributed by atoms with van der Waals surface area (Å²) in [5, 5.41) is 8.98. The number of para-hydroxylation sites is 1. The average Bonchev–Trinajstić information content (AvgIpc) is 2.44. The fourth-order valence-electron chi connectivity index (χ4n) is 2.04. The molecule has 1 amide bonds. The van der Waals surface area contributed by atoms with Crippen LogP contribution < -0.4 is 4.90 Å². The summed E-state index contributed by atoms with van der Waals surface area (Å²) in [6, 6.07) is 12.4. The first kappa shape index (κ1) is 14.7. The minimum atomic E-state index is -1.14. The minimum absolute atomic E-state index is 0.123. The van der Waals surface area contributed by atoms with Crippen LogP contribution >= 0.6 is 0 Å². The van der Waals surface area contributed by atoms with Crippen LogP contribution in [-0.4, -0.2) is 23.5 Å². The molecule has 2 aromatic rings. The van der Waals surface area contributed by atoms with E-state index in [2.05, 4.69) is 0 Å². The third-order valence-electron chi connectivity index (χ3n) is 2.90. The highest BCUT2D eigenvalue weighted by Gasteiger charge is 2.21. The lowest BCUT2D eigenvalue weighted by Crippen LogP contribution is -2.35. The summed E-state index contributed by atoms with van der Waals surface area (Å²) in [5.74, 6) is -2.21. The number of aliphatic carboxylic acids is 1. The number of carboxylic acid groups (broad SMARTS) is 1. The molecule has 0 aliphatic heterocycles. The third-order valence-corrected chi connectivity index (χ3v) is 2.90. The van der Waals surface area contributed by atoms with E-state index in [1.165, 1.54) is 12.1 Å². The van der Waals surface area contributed by atoms with Gasteiger partial charge in [0.1, 0.15) is 12.4 Å². The molecule has 0 aromatic heterocycles. The summed E-state index contributed by atoms with van der Waals surface area (Å²) in [6.07, 6.45) is 0. The Morgan fingerprint density at radius 1 is 1.14 bits per heavy atom. The molecule has 0 radical (unpaired) electrons. The highest BCUT2D eigenvalue weighted by molar-refractivity contribution is 6.08. The van der Waals surface area contributed by atoms with Gasteiger partial charge in [-0.15, -0.1) is 0 Å². The molecule has 0 bridgehead atoms. The molecule has 0 fully saturated rings. The topological polar surface area (TPSA) is 57.6 Å². The minimum Gasteiger partial charge on any atom is -0.480 e. The summed E-state index contributed by atoms with van der Waals surface area (Å²) in [7, 11) is 0. The van der Waals surface area contributed by atoms with Crippen LogP contribution in [0.25, 0.3) is 0 Å². The SMILES string of the molecule is Cc1cc(F)cc(C(=O)N(CC(=O)O)c2ccccc2)c1. The van der Waals surface area contributed by atoms with Crippen LogP contribution in [0.3, 0.4) is 0 Å². The Balaban J connectivity index is 2.41. The summed E-state index contributed by atoms with van der Waals surface area (Å²) in [5.41, 5.74) is 1.17. The normalized spacial score (nSPS) is 10.2. The molecule has 2 aromatic carbocycles. The smallest absolute Gasteiger partial charge is 0.323 e. The fourth-order valence-corrected chi connectivity index (χ4v) is 2.04. The highest BCUT2D eigenvalue weighted by atomic mass is 19.1. The van der Waals surface area contributed by atoms with E-state index in [0.717, 1.165) is 11.0 Å². The Bertz CT molecular complexity index is 650. The zero-order chi connectivity index (χ0) is 15.4. The molecular formula is C16H14FNO3. The van der Waals surface area contributed by atoms with Crippen molar-refractivity contribution >= 4 is 17.6 Å². The molecule has 0 heterocycles. The van der Waals surface area contributed by atoms with Crippen LogP contribution in [0.1, 0.15) is 15.9 Å². The van der Waals surface area contributed by atoms with Gasteiger partial charge in [0.05, 0.1) is 0 Å². The number of nitrogens with zero attached hydrogens (tertiary/aromatic N) is 1. The molecule has 1 N–H and O–H groups in total. The van der Waals surface area contributed by atoms with Gasteiger partial charge in [0.2, 0.25) is 0 Å². The molecule has 0 unspecified atom stereocenters. The van der Waals surface area contributed by atoms with Gasteiger partial charge in [0.25, 0.3) is 5.91 Å². The first-order chi connectivity index (χ1) is 9.97. The lowest BCUT2D eigenvalue weighted by Gasteiger charge is -2.21. The molecule has 108 valence electrons. The quantitative estimate of drug-likeness (QED) is 0.940. The molecule has 2 rings (SSSR count). The maximum Gasteiger partial charge on any atom is 0.323 e. The van der Waals surface area contributed by atoms with Gasteiger partial charge < -0.3 is 5.11 Å². The fraction of sp³-hybridized carbons (Fsp3) is 0.125. The van der Waals surface area contributed by atoms with Crippen LogP contribution in [0.5, 0.6) is 0 Å². The van der Waals surface area contributed by atoms with Crippen LogP contribution in [-0.2, 0) is 4.79 Å². The van der Waals surface area contributed by atoms with Gasteiger partial charge in [-0.1, -0.05) is 18.2 Å². The molecule has 0 saturated heterocycles. The standard InChI is InChI=1S/C16H14FNO3/c1-11-7-12(9-13(17)8-11)16(21)18(10-15(19)20)14-5-3-2-4-6-14/h2-9H,10H2,1H3,(H,19,20). The van der Waals surface area contributed by atoms with Gasteiger partial charge in [-0.05, 0) is 42.8 Å². The Labute approximate surface area is 121 Å². The monoisotopic (exact) mass is 287 g/mol. The first-order valence-electron chi connectivity index (χ1n) is 6.33. The van der Waals surface area contributed by atoms with Crippen molar-refractivity contribution in [2.24, 2.45) is 0 Å². The van der Waals surface area contributed by atoms with E-state index in [9.17, 15) is 14.0 Å². The van der Waals surface area contributed by atoms with Crippen molar-refractivity contribution < 1.29 is 19.1 Å². The Kier molecular flexibility index (Phi) is 4.33. The molecule has 4 nitrogen and oxygen atoms in total. The number of carbonyl (C=O) groups is 2. The number of hydrogen-bond acceptors (Lipinski definition) is 2. The second-order valence-electron chi connectivity index (χ2n) is 4.64. The second kappa shape index (κ2) is 6.17. The number of carbonyl (C=O) groups excluding carboxylic acids is 1. The average molecular weight is 287 g/mol. The van der Waals surface area contributed by atoms with E-state index in [1.54, 1.807) is 37.3 Å². The van der Waals surface area contributed by atoms with Crippen molar-refractivity contribution in [3.05, 3.63) is 65.5 Å². The first-order valence-corrected chi connectivity index (χ1v) is 6.33. The van der Waals surface area contributed by atoms with Crippen molar-refractivity contribution in [1.82, 2.24) is 0 Å². The van der Waals surface area contributed by atoms with Crippen molar-refractivity contribution in [3.63, 3.8) is 0 Å². The Morgan fingerprint density at radius 2 is 1.81 bits per heavy atom. The summed E-state index contributed by atoms with van der Waals surface area (Å²) in [4.78, 5) is 24.6. The van der Waals surface area contributed by atoms with Crippen molar-refractivity contribution in [2.75, 3.05) is 11.4 Å². The summed E-state index contributed by atoms with van der Waals surface area (Å²) in [6.45, 7) is 1.18. The Hall–Kier alpha value is -2.69. The van der Waals surface area contributed by atoms with Crippen molar-refractivity contribution in [2.45, 2.75) is 6.92 Å². The van der Waals surface area contributed by atoms with Crippen LogP contribution in [0.2, 0.25) is 0 Å². The number of carboxylic acids is 1. The number of halogens is 1. The Morgan fingerprint density at radius 3 is 2.38 bits per heavy atom. The predicted octanol–water partition coefficient (Wildman–Crippen LogP) is 2.87. The van der Waals surface area contributed by atoms with Crippen molar-refractivity contribution in [3.8, 4) is 0 Å². The zero-order valence-electron chi connectivity index (χ0n) is 11.4. The van der Waals surface area contributed by atoms with E-state index in [4.69, 9.17) is 5.11 Å². The maximum absolute atomic E-state index is 13.4.